The number of halogens is 2. The number of nitrogens with one attached hydrogen (secondary N) is 1. The highest BCUT2D eigenvalue weighted by Gasteiger charge is 2.17. The Hall–Kier alpha value is -3.33. The molecule has 0 atom stereocenters. The lowest BCUT2D eigenvalue weighted by atomic mass is 10.1. The second-order valence-electron chi connectivity index (χ2n) is 6.37. The van der Waals surface area contributed by atoms with Gasteiger partial charge in [0, 0.05) is 6.26 Å². The van der Waals surface area contributed by atoms with Gasteiger partial charge in [-0.2, -0.15) is 5.26 Å². The number of anilines is 1. The van der Waals surface area contributed by atoms with E-state index in [2.05, 4.69) is 15.5 Å². The van der Waals surface area contributed by atoms with Crippen LogP contribution in [-0.2, 0) is 21.2 Å². The normalized spacial score (nSPS) is 11.6. The van der Waals surface area contributed by atoms with Crippen LogP contribution in [-0.4, -0.2) is 30.8 Å². The highest BCUT2D eigenvalue weighted by atomic mass is 35.5. The van der Waals surface area contributed by atoms with Crippen molar-refractivity contribution in [3.8, 4) is 11.8 Å². The van der Waals surface area contributed by atoms with Gasteiger partial charge in [-0.1, -0.05) is 41.1 Å². The zero-order chi connectivity index (χ0) is 23.3. The molecule has 0 unspecified atom stereocenters. The summed E-state index contributed by atoms with van der Waals surface area (Å²) in [7, 11) is -3.55. The van der Waals surface area contributed by atoms with E-state index in [0.29, 0.717) is 22.6 Å². The summed E-state index contributed by atoms with van der Waals surface area (Å²) in [6, 6.07) is 12.3. The van der Waals surface area contributed by atoms with E-state index in [-0.39, 0.29) is 32.5 Å². The SMILES string of the molecule is CS(=O)(=O)c1nnc(NC(=O)/C(C#N)=C\c2ccc(OCc3ccc(F)cc3)c(Cl)c2)s1. The lowest BCUT2D eigenvalue weighted by molar-refractivity contribution is -0.112. The van der Waals surface area contributed by atoms with Crippen molar-refractivity contribution in [1.29, 1.82) is 5.26 Å². The molecule has 0 saturated heterocycles. The molecule has 3 rings (SSSR count). The third kappa shape index (κ3) is 6.10. The molecule has 8 nitrogen and oxygen atoms in total. The topological polar surface area (TPSA) is 122 Å². The molecule has 1 aromatic heterocycles. The van der Waals surface area contributed by atoms with Crippen LogP contribution in [0.5, 0.6) is 5.75 Å². The van der Waals surface area contributed by atoms with Gasteiger partial charge in [0.05, 0.1) is 5.02 Å². The maximum Gasteiger partial charge on any atom is 0.268 e. The minimum atomic E-state index is -3.55. The number of nitriles is 1. The second-order valence-corrected chi connectivity index (χ2v) is 9.95. The van der Waals surface area contributed by atoms with Crippen LogP contribution >= 0.6 is 22.9 Å². The summed E-state index contributed by atoms with van der Waals surface area (Å²) in [5, 5.41) is 18.9. The first-order valence-corrected chi connectivity index (χ1v) is 11.9. The molecule has 32 heavy (non-hydrogen) atoms. The van der Waals surface area contributed by atoms with Gasteiger partial charge in [-0.15, -0.1) is 10.2 Å². The molecular weight excluding hydrogens is 479 g/mol. The standard InChI is InChI=1S/C20H14ClFN4O4S2/c1-32(28,29)20-26-25-19(31-20)24-18(27)14(10-23)8-13-4-7-17(16(21)9-13)30-11-12-2-5-15(22)6-3-12/h2-9H,11H2,1H3,(H,24,25,27)/b14-8-. The van der Waals surface area contributed by atoms with E-state index in [1.807, 2.05) is 0 Å². The summed E-state index contributed by atoms with van der Waals surface area (Å²) in [6.45, 7) is 0.179. The fourth-order valence-electron chi connectivity index (χ4n) is 2.36. The fourth-order valence-corrected chi connectivity index (χ4v) is 4.10. The van der Waals surface area contributed by atoms with Crippen molar-refractivity contribution in [3.63, 3.8) is 0 Å². The van der Waals surface area contributed by atoms with Crippen molar-refractivity contribution < 1.29 is 22.3 Å². The van der Waals surface area contributed by atoms with Gasteiger partial charge < -0.3 is 4.74 Å². The Morgan fingerprint density at radius 3 is 2.59 bits per heavy atom. The zero-order valence-corrected chi connectivity index (χ0v) is 18.8. The maximum absolute atomic E-state index is 13.0. The van der Waals surface area contributed by atoms with E-state index in [1.54, 1.807) is 30.3 Å². The lowest BCUT2D eigenvalue weighted by Crippen LogP contribution is -2.13. The summed E-state index contributed by atoms with van der Waals surface area (Å²) in [4.78, 5) is 12.3. The molecule has 0 aliphatic carbocycles. The molecule has 0 saturated carbocycles. The number of sulfone groups is 1. The number of ether oxygens (including phenoxy) is 1. The molecular formula is C20H14ClFN4O4S2. The molecule has 1 heterocycles. The molecule has 164 valence electrons. The van der Waals surface area contributed by atoms with Crippen LogP contribution in [0.4, 0.5) is 9.52 Å². The van der Waals surface area contributed by atoms with Crippen molar-refractivity contribution in [2.24, 2.45) is 0 Å². The number of carbonyl (C=O) groups excluding carboxylic acids is 1. The average Bonchev–Trinajstić information content (AvgIpc) is 3.21. The lowest BCUT2D eigenvalue weighted by Gasteiger charge is -2.09. The molecule has 2 aromatic carbocycles. The molecule has 0 spiro atoms. The summed E-state index contributed by atoms with van der Waals surface area (Å²) in [5.41, 5.74) is 0.965. The predicted octanol–water partition coefficient (Wildman–Crippen LogP) is 3.86. The van der Waals surface area contributed by atoms with Gasteiger partial charge in [-0.25, -0.2) is 12.8 Å². The molecule has 1 N–H and O–H groups in total. The molecule has 0 bridgehead atoms. The molecule has 12 heteroatoms. The van der Waals surface area contributed by atoms with Gasteiger partial charge in [0.2, 0.25) is 19.3 Å². The van der Waals surface area contributed by atoms with Crippen LogP contribution in [0, 0.1) is 17.1 Å². The highest BCUT2D eigenvalue weighted by Crippen LogP contribution is 2.27. The van der Waals surface area contributed by atoms with Crippen LogP contribution in [0.3, 0.4) is 0 Å². The van der Waals surface area contributed by atoms with Gasteiger partial charge in [-0.05, 0) is 41.5 Å². The third-order valence-corrected chi connectivity index (χ3v) is 6.69. The van der Waals surface area contributed by atoms with Crippen LogP contribution in [0.2, 0.25) is 5.02 Å². The van der Waals surface area contributed by atoms with Crippen molar-refractivity contribution in [2.45, 2.75) is 10.9 Å². The van der Waals surface area contributed by atoms with E-state index in [1.165, 1.54) is 24.3 Å². The summed E-state index contributed by atoms with van der Waals surface area (Å²) < 4.78 is 41.3. The third-order valence-electron chi connectivity index (χ3n) is 3.88. The van der Waals surface area contributed by atoms with Crippen LogP contribution < -0.4 is 10.1 Å². The van der Waals surface area contributed by atoms with Crippen LogP contribution in [0.25, 0.3) is 6.08 Å². The number of hydrogen-bond acceptors (Lipinski definition) is 8. The van der Waals surface area contributed by atoms with Gasteiger partial charge in [0.15, 0.2) is 0 Å². The van der Waals surface area contributed by atoms with Crippen molar-refractivity contribution in [2.75, 3.05) is 11.6 Å². The largest absolute Gasteiger partial charge is 0.487 e. The van der Waals surface area contributed by atoms with Crippen molar-refractivity contribution >= 4 is 49.9 Å². The molecule has 0 aliphatic rings. The van der Waals surface area contributed by atoms with Crippen LogP contribution in [0.15, 0.2) is 52.4 Å². The molecule has 1 amide bonds. The van der Waals surface area contributed by atoms with E-state index < -0.39 is 15.7 Å². The Kier molecular flexibility index (Phi) is 7.19. The molecule has 0 aliphatic heterocycles. The number of nitrogens with zero attached hydrogens (tertiary/aromatic N) is 3. The Labute approximate surface area is 191 Å². The molecule has 0 fully saturated rings. The molecule has 3 aromatic rings. The number of amides is 1. The quantitative estimate of drug-likeness (QED) is 0.302. The van der Waals surface area contributed by atoms with E-state index in [4.69, 9.17) is 16.3 Å². The van der Waals surface area contributed by atoms with Gasteiger partial charge >= 0.3 is 0 Å². The summed E-state index contributed by atoms with van der Waals surface area (Å²) >= 11 is 6.91. The Balaban J connectivity index is 1.70. The minimum Gasteiger partial charge on any atom is -0.487 e. The smallest absolute Gasteiger partial charge is 0.268 e. The van der Waals surface area contributed by atoms with E-state index in [9.17, 15) is 22.9 Å². The van der Waals surface area contributed by atoms with Crippen molar-refractivity contribution in [3.05, 3.63) is 70.0 Å². The monoisotopic (exact) mass is 492 g/mol. The van der Waals surface area contributed by atoms with E-state index >= 15 is 0 Å². The average molecular weight is 493 g/mol. The minimum absolute atomic E-state index is 0.0563. The predicted molar refractivity (Wildman–Crippen MR) is 117 cm³/mol. The fraction of sp³-hybridized carbons (Fsp3) is 0.100. The number of benzene rings is 2. The summed E-state index contributed by atoms with van der Waals surface area (Å²) in [6.07, 6.45) is 2.28. The second kappa shape index (κ2) is 9.86. The zero-order valence-electron chi connectivity index (χ0n) is 16.4. The van der Waals surface area contributed by atoms with Crippen molar-refractivity contribution in [1.82, 2.24) is 10.2 Å². The molecule has 0 radical (unpaired) electrons. The first-order valence-electron chi connectivity index (χ1n) is 8.79. The van der Waals surface area contributed by atoms with Gasteiger partial charge in [-0.3, -0.25) is 10.1 Å². The first kappa shape index (κ1) is 23.3. The Bertz CT molecular complexity index is 1330. The number of aromatic nitrogens is 2. The first-order chi connectivity index (χ1) is 15.2. The van der Waals surface area contributed by atoms with Crippen LogP contribution in [0.1, 0.15) is 11.1 Å². The number of hydrogen-bond donors (Lipinski definition) is 1. The highest BCUT2D eigenvalue weighted by molar-refractivity contribution is 7.92. The maximum atomic E-state index is 13.0. The van der Waals surface area contributed by atoms with Gasteiger partial charge in [0.1, 0.15) is 29.8 Å². The van der Waals surface area contributed by atoms with Gasteiger partial charge in [0.25, 0.3) is 5.91 Å². The summed E-state index contributed by atoms with van der Waals surface area (Å²) in [5.74, 6) is -0.753. The Morgan fingerprint density at radius 1 is 1.28 bits per heavy atom. The number of rotatable bonds is 7. The number of carbonyl (C=O) groups is 1. The Morgan fingerprint density at radius 2 is 2.00 bits per heavy atom. The van der Waals surface area contributed by atoms with E-state index in [0.717, 1.165) is 11.8 Å².